The summed E-state index contributed by atoms with van der Waals surface area (Å²) in [5, 5.41) is 3.91. The molecule has 0 spiro atoms. The van der Waals surface area contributed by atoms with Gasteiger partial charge < -0.3 is 15.0 Å². The van der Waals surface area contributed by atoms with Crippen molar-refractivity contribution in [3.8, 4) is 0 Å². The monoisotopic (exact) mass is 322 g/mol. The van der Waals surface area contributed by atoms with E-state index in [9.17, 15) is 4.79 Å². The lowest BCUT2D eigenvalue weighted by Crippen LogP contribution is -2.48. The summed E-state index contributed by atoms with van der Waals surface area (Å²) in [6.45, 7) is 3.78. The second-order valence-electron chi connectivity index (χ2n) is 6.23. The van der Waals surface area contributed by atoms with Crippen LogP contribution < -0.4 is 5.32 Å². The van der Waals surface area contributed by atoms with Gasteiger partial charge in [0, 0.05) is 43.3 Å². The highest BCUT2D eigenvalue weighted by atomic mass is 35.5. The summed E-state index contributed by atoms with van der Waals surface area (Å²) in [5.74, 6) is 0. The van der Waals surface area contributed by atoms with Crippen LogP contribution in [0.5, 0.6) is 0 Å². The number of carbonyl (C=O) groups excluding carboxylic acids is 1. The van der Waals surface area contributed by atoms with Gasteiger partial charge in [0.15, 0.2) is 0 Å². The molecule has 5 heteroatoms. The molecule has 2 heterocycles. The first-order valence-corrected chi connectivity index (χ1v) is 8.45. The Bertz CT molecular complexity index is 523. The number of nitrogens with zero attached hydrogens (tertiary/aromatic N) is 1. The van der Waals surface area contributed by atoms with E-state index in [-0.39, 0.29) is 11.4 Å². The van der Waals surface area contributed by atoms with Crippen molar-refractivity contribution in [2.75, 3.05) is 32.8 Å². The van der Waals surface area contributed by atoms with Crippen LogP contribution in [0.25, 0.3) is 0 Å². The maximum atomic E-state index is 12.3. The van der Waals surface area contributed by atoms with E-state index in [1.165, 1.54) is 0 Å². The largest absolute Gasteiger partial charge is 0.381 e. The third kappa shape index (κ3) is 3.23. The molecule has 1 N–H and O–H groups in total. The molecule has 0 bridgehead atoms. The number of halogens is 1. The zero-order valence-corrected chi connectivity index (χ0v) is 13.6. The minimum absolute atomic E-state index is 0.0513. The lowest BCUT2D eigenvalue weighted by molar-refractivity contribution is 0.0503. The first-order valence-electron chi connectivity index (χ1n) is 8.07. The van der Waals surface area contributed by atoms with E-state index in [2.05, 4.69) is 11.4 Å². The number of urea groups is 1. The van der Waals surface area contributed by atoms with Gasteiger partial charge in [0.1, 0.15) is 0 Å². The van der Waals surface area contributed by atoms with E-state index >= 15 is 0 Å². The highest BCUT2D eigenvalue weighted by molar-refractivity contribution is 6.31. The van der Waals surface area contributed by atoms with Crippen LogP contribution in [-0.2, 0) is 10.2 Å². The van der Waals surface area contributed by atoms with Crippen molar-refractivity contribution in [3.05, 3.63) is 34.9 Å². The number of benzene rings is 1. The average molecular weight is 323 g/mol. The molecule has 120 valence electrons. The molecule has 22 heavy (non-hydrogen) atoms. The lowest BCUT2D eigenvalue weighted by Gasteiger charge is -2.38. The first-order chi connectivity index (χ1) is 10.7. The topological polar surface area (TPSA) is 41.6 Å². The second-order valence-corrected chi connectivity index (χ2v) is 6.63. The smallest absolute Gasteiger partial charge is 0.317 e. The van der Waals surface area contributed by atoms with Gasteiger partial charge in [0.2, 0.25) is 0 Å². The van der Waals surface area contributed by atoms with Gasteiger partial charge in [-0.25, -0.2) is 4.79 Å². The molecule has 2 aliphatic heterocycles. The summed E-state index contributed by atoms with van der Waals surface area (Å²) >= 11 is 6.43. The lowest BCUT2D eigenvalue weighted by atomic mass is 9.74. The predicted octanol–water partition coefficient (Wildman–Crippen LogP) is 3.19. The molecule has 0 unspecified atom stereocenters. The molecule has 0 aliphatic carbocycles. The Morgan fingerprint density at radius 3 is 2.59 bits per heavy atom. The fraction of sp³-hybridized carbons (Fsp3) is 0.588. The van der Waals surface area contributed by atoms with Gasteiger partial charge in [0.25, 0.3) is 0 Å². The van der Waals surface area contributed by atoms with Crippen LogP contribution >= 0.6 is 11.6 Å². The molecule has 1 aromatic carbocycles. The molecule has 3 rings (SSSR count). The van der Waals surface area contributed by atoms with E-state index in [1.54, 1.807) is 0 Å². The Labute approximate surface area is 136 Å². The van der Waals surface area contributed by atoms with Gasteiger partial charge >= 0.3 is 6.03 Å². The summed E-state index contributed by atoms with van der Waals surface area (Å²) in [5.41, 5.74) is 1.01. The minimum atomic E-state index is -0.119. The number of hydrogen-bond donors (Lipinski definition) is 1. The second kappa shape index (κ2) is 6.88. The van der Waals surface area contributed by atoms with Crippen LogP contribution in [0.1, 0.15) is 31.2 Å². The Hall–Kier alpha value is -1.26. The summed E-state index contributed by atoms with van der Waals surface area (Å²) < 4.78 is 5.53. The van der Waals surface area contributed by atoms with Gasteiger partial charge in [-0.1, -0.05) is 29.8 Å². The van der Waals surface area contributed by atoms with Crippen molar-refractivity contribution in [3.63, 3.8) is 0 Å². The van der Waals surface area contributed by atoms with E-state index in [0.29, 0.717) is 19.8 Å². The van der Waals surface area contributed by atoms with E-state index in [1.807, 2.05) is 23.1 Å². The number of carbonyl (C=O) groups is 1. The zero-order valence-electron chi connectivity index (χ0n) is 12.8. The summed E-state index contributed by atoms with van der Waals surface area (Å²) in [6.07, 6.45) is 3.99. The predicted molar refractivity (Wildman–Crippen MR) is 87.4 cm³/mol. The van der Waals surface area contributed by atoms with Gasteiger partial charge in [-0.2, -0.15) is 0 Å². The molecule has 0 radical (unpaired) electrons. The molecule has 2 fully saturated rings. The molecule has 2 amide bonds. The Morgan fingerprint density at radius 2 is 1.91 bits per heavy atom. The van der Waals surface area contributed by atoms with Crippen LogP contribution in [0.3, 0.4) is 0 Å². The molecule has 2 aliphatic rings. The highest BCUT2D eigenvalue weighted by Gasteiger charge is 2.36. The Morgan fingerprint density at radius 1 is 1.23 bits per heavy atom. The van der Waals surface area contributed by atoms with Crippen molar-refractivity contribution < 1.29 is 9.53 Å². The van der Waals surface area contributed by atoms with Gasteiger partial charge in [0.05, 0.1) is 0 Å². The maximum Gasteiger partial charge on any atom is 0.317 e. The number of hydrogen-bond acceptors (Lipinski definition) is 2. The van der Waals surface area contributed by atoms with E-state index in [4.69, 9.17) is 16.3 Å². The van der Waals surface area contributed by atoms with E-state index in [0.717, 1.165) is 49.4 Å². The normalized spacial score (nSPS) is 20.9. The highest BCUT2D eigenvalue weighted by Crippen LogP contribution is 2.38. The third-order valence-electron chi connectivity index (χ3n) is 4.87. The minimum Gasteiger partial charge on any atom is -0.381 e. The standard InChI is InChI=1S/C17H23ClN2O2/c18-15-6-2-1-5-14(15)17(7-11-22-12-8-17)13-19-16(21)20-9-3-4-10-20/h1-2,5-6H,3-4,7-13H2,(H,19,21). The zero-order chi connectivity index (χ0) is 15.4. The third-order valence-corrected chi connectivity index (χ3v) is 5.20. The summed E-state index contributed by atoms with van der Waals surface area (Å²) in [7, 11) is 0. The summed E-state index contributed by atoms with van der Waals surface area (Å²) in [6, 6.07) is 8.02. The SMILES string of the molecule is O=C(NCC1(c2ccccc2Cl)CCOCC1)N1CCCC1. The molecule has 0 atom stereocenters. The van der Waals surface area contributed by atoms with Crippen molar-refractivity contribution in [2.45, 2.75) is 31.1 Å². The average Bonchev–Trinajstić information content (AvgIpc) is 3.08. The molecule has 4 nitrogen and oxygen atoms in total. The molecule has 0 aromatic heterocycles. The molecular formula is C17H23ClN2O2. The first kappa shape index (κ1) is 15.6. The summed E-state index contributed by atoms with van der Waals surface area (Å²) in [4.78, 5) is 14.2. The number of ether oxygens (including phenoxy) is 1. The Kier molecular flexibility index (Phi) is 4.89. The number of amides is 2. The van der Waals surface area contributed by atoms with Crippen molar-refractivity contribution in [1.82, 2.24) is 10.2 Å². The number of nitrogens with one attached hydrogen (secondary N) is 1. The van der Waals surface area contributed by atoms with Gasteiger partial charge in [-0.15, -0.1) is 0 Å². The van der Waals surface area contributed by atoms with Crippen LogP contribution in [-0.4, -0.2) is 43.8 Å². The van der Waals surface area contributed by atoms with Gasteiger partial charge in [-0.3, -0.25) is 0 Å². The van der Waals surface area contributed by atoms with Crippen molar-refractivity contribution in [2.24, 2.45) is 0 Å². The van der Waals surface area contributed by atoms with Crippen LogP contribution in [0.15, 0.2) is 24.3 Å². The molecular weight excluding hydrogens is 300 g/mol. The number of rotatable bonds is 3. The van der Waals surface area contributed by atoms with Crippen molar-refractivity contribution >= 4 is 17.6 Å². The Balaban J connectivity index is 1.75. The fourth-order valence-electron chi connectivity index (χ4n) is 3.47. The quantitative estimate of drug-likeness (QED) is 0.928. The van der Waals surface area contributed by atoms with Crippen molar-refractivity contribution in [1.29, 1.82) is 0 Å². The molecule has 2 saturated heterocycles. The fourth-order valence-corrected chi connectivity index (χ4v) is 3.81. The maximum absolute atomic E-state index is 12.3. The number of likely N-dealkylation sites (tertiary alicyclic amines) is 1. The van der Waals surface area contributed by atoms with Crippen LogP contribution in [0.2, 0.25) is 5.02 Å². The van der Waals surface area contributed by atoms with Crippen LogP contribution in [0, 0.1) is 0 Å². The molecule has 1 aromatic rings. The van der Waals surface area contributed by atoms with E-state index < -0.39 is 0 Å². The van der Waals surface area contributed by atoms with Crippen LogP contribution in [0.4, 0.5) is 4.79 Å². The molecule has 0 saturated carbocycles. The van der Waals surface area contributed by atoms with Gasteiger partial charge in [-0.05, 0) is 37.3 Å².